The lowest BCUT2D eigenvalue weighted by Gasteiger charge is -2.32. The second kappa shape index (κ2) is 5.55. The minimum Gasteiger partial charge on any atom is -0.291 e. The van der Waals surface area contributed by atoms with Crippen molar-refractivity contribution in [1.29, 1.82) is 0 Å². The first-order valence-corrected chi connectivity index (χ1v) is 4.93. The molecule has 0 aromatic heterocycles. The molecule has 0 fully saturated rings. The molecule has 2 heteroatoms. The lowest BCUT2D eigenvalue weighted by atomic mass is 10.3. The quantitative estimate of drug-likeness (QED) is 0.585. The summed E-state index contributed by atoms with van der Waals surface area (Å²) in [6.45, 7) is 13.4. The van der Waals surface area contributed by atoms with Crippen LogP contribution in [0.3, 0.4) is 0 Å². The Morgan fingerprint density at radius 3 is 1.75 bits per heavy atom. The molecule has 0 aromatic rings. The summed E-state index contributed by atoms with van der Waals surface area (Å²) in [7, 11) is 2.18. The highest BCUT2D eigenvalue weighted by Crippen LogP contribution is 2.01. The second-order valence-corrected chi connectivity index (χ2v) is 3.99. The maximum atomic E-state index is 2.46. The molecule has 0 spiro atoms. The number of hydrogen-bond donors (Lipinski definition) is 0. The fourth-order valence-electron chi connectivity index (χ4n) is 1.08. The zero-order chi connectivity index (χ0) is 9.72. The van der Waals surface area contributed by atoms with Gasteiger partial charge in [0.1, 0.15) is 0 Å². The van der Waals surface area contributed by atoms with E-state index >= 15 is 0 Å². The highest BCUT2D eigenvalue weighted by Gasteiger charge is 2.10. The molecule has 0 unspecified atom stereocenters. The molecule has 0 N–H and O–H groups in total. The SMILES string of the molecule is CCN(CN(C)C(C)C)C(C)C. The summed E-state index contributed by atoms with van der Waals surface area (Å²) in [5, 5.41) is 0. The molecule has 0 bridgehead atoms. The molecule has 0 rings (SSSR count). The summed E-state index contributed by atoms with van der Waals surface area (Å²) in [6.07, 6.45) is 0. The topological polar surface area (TPSA) is 6.48 Å². The maximum absolute atomic E-state index is 2.46. The maximum Gasteiger partial charge on any atom is 0.0508 e. The van der Waals surface area contributed by atoms with E-state index in [9.17, 15) is 0 Å². The zero-order valence-corrected chi connectivity index (χ0v) is 9.46. The van der Waals surface area contributed by atoms with Crippen LogP contribution in [0.5, 0.6) is 0 Å². The third-order valence-electron chi connectivity index (χ3n) is 2.42. The van der Waals surface area contributed by atoms with Crippen molar-refractivity contribution in [2.24, 2.45) is 0 Å². The number of nitrogens with zero attached hydrogens (tertiary/aromatic N) is 2. The Morgan fingerprint density at radius 1 is 1.00 bits per heavy atom. The molecule has 0 aliphatic heterocycles. The minimum atomic E-state index is 0.637. The first-order chi connectivity index (χ1) is 5.49. The fourth-order valence-corrected chi connectivity index (χ4v) is 1.08. The molecule has 0 atom stereocenters. The van der Waals surface area contributed by atoms with Gasteiger partial charge in [0.2, 0.25) is 0 Å². The van der Waals surface area contributed by atoms with Gasteiger partial charge in [0.15, 0.2) is 0 Å². The summed E-state index contributed by atoms with van der Waals surface area (Å²) < 4.78 is 0. The Morgan fingerprint density at radius 2 is 1.50 bits per heavy atom. The molecule has 0 aliphatic carbocycles. The highest BCUT2D eigenvalue weighted by molar-refractivity contribution is 4.62. The van der Waals surface area contributed by atoms with E-state index in [1.54, 1.807) is 0 Å². The monoisotopic (exact) mass is 172 g/mol. The van der Waals surface area contributed by atoms with Gasteiger partial charge < -0.3 is 0 Å². The average Bonchev–Trinajstić information content (AvgIpc) is 1.98. The van der Waals surface area contributed by atoms with Gasteiger partial charge in [-0.15, -0.1) is 0 Å². The van der Waals surface area contributed by atoms with Crippen LogP contribution in [-0.2, 0) is 0 Å². The number of rotatable bonds is 5. The van der Waals surface area contributed by atoms with Gasteiger partial charge in [-0.05, 0) is 41.3 Å². The second-order valence-electron chi connectivity index (χ2n) is 3.99. The van der Waals surface area contributed by atoms with Crippen molar-refractivity contribution in [1.82, 2.24) is 9.80 Å². The molecule has 74 valence electrons. The van der Waals surface area contributed by atoms with Crippen molar-refractivity contribution in [3.05, 3.63) is 0 Å². The Labute approximate surface area is 77.5 Å². The van der Waals surface area contributed by atoms with Crippen LogP contribution in [0.4, 0.5) is 0 Å². The van der Waals surface area contributed by atoms with E-state index in [1.165, 1.54) is 0 Å². The standard InChI is InChI=1S/C10H24N2/c1-7-12(10(4)5)8-11(6)9(2)3/h9-10H,7-8H2,1-6H3. The Bertz CT molecular complexity index is 110. The van der Waals surface area contributed by atoms with E-state index in [1.807, 2.05) is 0 Å². The van der Waals surface area contributed by atoms with Gasteiger partial charge >= 0.3 is 0 Å². The Balaban J connectivity index is 3.85. The molecule has 0 saturated heterocycles. The van der Waals surface area contributed by atoms with Crippen LogP contribution in [0.1, 0.15) is 34.6 Å². The molecule has 0 radical (unpaired) electrons. The van der Waals surface area contributed by atoms with Crippen molar-refractivity contribution in [2.75, 3.05) is 20.3 Å². The van der Waals surface area contributed by atoms with E-state index in [0.29, 0.717) is 12.1 Å². The van der Waals surface area contributed by atoms with E-state index in [0.717, 1.165) is 13.2 Å². The van der Waals surface area contributed by atoms with Crippen LogP contribution in [0.15, 0.2) is 0 Å². The summed E-state index contributed by atoms with van der Waals surface area (Å²) in [5.74, 6) is 0. The molecular formula is C10H24N2. The van der Waals surface area contributed by atoms with Crippen molar-refractivity contribution >= 4 is 0 Å². The fraction of sp³-hybridized carbons (Fsp3) is 1.00. The predicted octanol–water partition coefficient (Wildman–Crippen LogP) is 2.01. The first-order valence-electron chi connectivity index (χ1n) is 4.93. The van der Waals surface area contributed by atoms with E-state index < -0.39 is 0 Å². The highest BCUT2D eigenvalue weighted by atomic mass is 15.3. The molecule has 0 aromatic carbocycles. The largest absolute Gasteiger partial charge is 0.291 e. The van der Waals surface area contributed by atoms with E-state index in [2.05, 4.69) is 51.5 Å². The molecule has 2 nitrogen and oxygen atoms in total. The molecular weight excluding hydrogens is 148 g/mol. The summed E-state index contributed by atoms with van der Waals surface area (Å²) in [6, 6.07) is 1.29. The third kappa shape index (κ3) is 4.07. The average molecular weight is 172 g/mol. The Hall–Kier alpha value is -0.0800. The van der Waals surface area contributed by atoms with Gasteiger partial charge in [-0.1, -0.05) is 6.92 Å². The van der Waals surface area contributed by atoms with Crippen LogP contribution in [0.2, 0.25) is 0 Å². The van der Waals surface area contributed by atoms with E-state index in [4.69, 9.17) is 0 Å². The summed E-state index contributed by atoms with van der Waals surface area (Å²) >= 11 is 0. The van der Waals surface area contributed by atoms with Crippen LogP contribution in [0.25, 0.3) is 0 Å². The van der Waals surface area contributed by atoms with E-state index in [-0.39, 0.29) is 0 Å². The van der Waals surface area contributed by atoms with Crippen LogP contribution >= 0.6 is 0 Å². The molecule has 0 aliphatic rings. The lowest BCUT2D eigenvalue weighted by Crippen LogP contribution is -2.42. The van der Waals surface area contributed by atoms with Gasteiger partial charge in [-0.2, -0.15) is 0 Å². The predicted molar refractivity (Wildman–Crippen MR) is 55.3 cm³/mol. The minimum absolute atomic E-state index is 0.637. The van der Waals surface area contributed by atoms with Gasteiger partial charge in [0, 0.05) is 12.1 Å². The van der Waals surface area contributed by atoms with Gasteiger partial charge in [0.05, 0.1) is 6.67 Å². The summed E-state index contributed by atoms with van der Waals surface area (Å²) in [5.41, 5.74) is 0. The van der Waals surface area contributed by atoms with Crippen molar-refractivity contribution in [3.63, 3.8) is 0 Å². The molecule has 12 heavy (non-hydrogen) atoms. The molecule has 0 saturated carbocycles. The first kappa shape index (κ1) is 11.9. The summed E-state index contributed by atoms with van der Waals surface area (Å²) in [4.78, 5) is 4.82. The zero-order valence-electron chi connectivity index (χ0n) is 9.46. The van der Waals surface area contributed by atoms with Gasteiger partial charge in [-0.25, -0.2) is 0 Å². The normalized spacial score (nSPS) is 12.5. The van der Waals surface area contributed by atoms with Crippen LogP contribution in [0, 0.1) is 0 Å². The smallest absolute Gasteiger partial charge is 0.0508 e. The van der Waals surface area contributed by atoms with Crippen molar-refractivity contribution in [3.8, 4) is 0 Å². The van der Waals surface area contributed by atoms with Crippen LogP contribution in [-0.4, -0.2) is 42.1 Å². The Kier molecular flexibility index (Phi) is 5.51. The van der Waals surface area contributed by atoms with Gasteiger partial charge in [-0.3, -0.25) is 9.80 Å². The molecule has 0 amide bonds. The molecule has 0 heterocycles. The van der Waals surface area contributed by atoms with Crippen molar-refractivity contribution in [2.45, 2.75) is 46.7 Å². The number of hydrogen-bond acceptors (Lipinski definition) is 2. The van der Waals surface area contributed by atoms with Gasteiger partial charge in [0.25, 0.3) is 0 Å². The third-order valence-corrected chi connectivity index (χ3v) is 2.42. The van der Waals surface area contributed by atoms with Crippen LogP contribution < -0.4 is 0 Å². The lowest BCUT2D eigenvalue weighted by molar-refractivity contribution is 0.109. The van der Waals surface area contributed by atoms with Crippen molar-refractivity contribution < 1.29 is 0 Å².